The lowest BCUT2D eigenvalue weighted by atomic mass is 9.97. The highest BCUT2D eigenvalue weighted by atomic mass is 16.1. The lowest BCUT2D eigenvalue weighted by Crippen LogP contribution is -2.26. The Morgan fingerprint density at radius 3 is 2.85 bits per heavy atom. The van der Waals surface area contributed by atoms with E-state index in [4.69, 9.17) is 0 Å². The molecule has 2 aliphatic rings. The zero-order valence-electron chi connectivity index (χ0n) is 14.9. The molecule has 26 heavy (non-hydrogen) atoms. The number of para-hydroxylation sites is 1. The Kier molecular flexibility index (Phi) is 4.95. The zero-order valence-corrected chi connectivity index (χ0v) is 14.9. The Morgan fingerprint density at radius 1 is 1.12 bits per heavy atom. The number of aromatic nitrogens is 2. The first kappa shape index (κ1) is 16.8. The highest BCUT2D eigenvalue weighted by Crippen LogP contribution is 2.32. The van der Waals surface area contributed by atoms with Crippen molar-refractivity contribution >= 4 is 17.4 Å². The molecule has 0 atom stereocenters. The Bertz CT molecular complexity index is 813. The Balaban J connectivity index is 1.35. The molecule has 1 aromatic heterocycles. The third kappa shape index (κ3) is 3.62. The number of nitrogens with zero attached hydrogens (tertiary/aromatic N) is 3. The van der Waals surface area contributed by atoms with E-state index in [1.165, 1.54) is 42.5 Å². The minimum Gasteiger partial charge on any atom is -0.350 e. The second-order valence-corrected chi connectivity index (χ2v) is 6.90. The molecule has 2 aromatic rings. The Morgan fingerprint density at radius 2 is 2.04 bits per heavy atom. The highest BCUT2D eigenvalue weighted by Gasteiger charge is 2.21. The number of benzene rings is 1. The maximum atomic E-state index is 12.3. The van der Waals surface area contributed by atoms with Crippen molar-refractivity contribution in [1.29, 1.82) is 0 Å². The van der Waals surface area contributed by atoms with E-state index in [-0.39, 0.29) is 5.91 Å². The molecule has 4 rings (SSSR count). The van der Waals surface area contributed by atoms with Crippen LogP contribution in [-0.4, -0.2) is 29.0 Å². The molecule has 0 radical (unpaired) electrons. The summed E-state index contributed by atoms with van der Waals surface area (Å²) in [4.78, 5) is 23.2. The van der Waals surface area contributed by atoms with Gasteiger partial charge in [0, 0.05) is 18.8 Å². The molecule has 0 fully saturated rings. The molecule has 0 unspecified atom stereocenters. The van der Waals surface area contributed by atoms with Gasteiger partial charge in [-0.15, -0.1) is 0 Å². The molecule has 1 aliphatic carbocycles. The minimum absolute atomic E-state index is 0.151. The van der Waals surface area contributed by atoms with Crippen molar-refractivity contribution in [1.82, 2.24) is 15.3 Å². The summed E-state index contributed by atoms with van der Waals surface area (Å²) in [6.45, 7) is 1.56. The van der Waals surface area contributed by atoms with Crippen LogP contribution in [0.1, 0.15) is 48.2 Å². The largest absolute Gasteiger partial charge is 0.350 e. The van der Waals surface area contributed by atoms with Gasteiger partial charge in [-0.1, -0.05) is 29.8 Å². The van der Waals surface area contributed by atoms with Crippen LogP contribution >= 0.6 is 0 Å². The van der Waals surface area contributed by atoms with Crippen molar-refractivity contribution in [2.24, 2.45) is 0 Å². The van der Waals surface area contributed by atoms with Crippen LogP contribution in [-0.2, 0) is 6.42 Å². The molecule has 0 saturated heterocycles. The van der Waals surface area contributed by atoms with Gasteiger partial charge in [0.15, 0.2) is 5.82 Å². The van der Waals surface area contributed by atoms with E-state index in [1.54, 1.807) is 12.4 Å². The topological polar surface area (TPSA) is 58.1 Å². The summed E-state index contributed by atoms with van der Waals surface area (Å²) in [5.41, 5.74) is 4.34. The van der Waals surface area contributed by atoms with Crippen LogP contribution in [0.2, 0.25) is 0 Å². The van der Waals surface area contributed by atoms with Gasteiger partial charge in [0.2, 0.25) is 0 Å². The van der Waals surface area contributed by atoms with E-state index < -0.39 is 0 Å². The van der Waals surface area contributed by atoms with Crippen LogP contribution in [0.3, 0.4) is 0 Å². The first-order chi connectivity index (χ1) is 12.8. The van der Waals surface area contributed by atoms with E-state index >= 15 is 0 Å². The van der Waals surface area contributed by atoms with Crippen LogP contribution in [0.4, 0.5) is 11.5 Å². The predicted octanol–water partition coefficient (Wildman–Crippen LogP) is 3.79. The molecule has 1 aromatic carbocycles. The van der Waals surface area contributed by atoms with E-state index in [2.05, 4.69) is 44.5 Å². The normalized spacial score (nSPS) is 16.2. The molecule has 0 saturated carbocycles. The van der Waals surface area contributed by atoms with Gasteiger partial charge in [-0.3, -0.25) is 4.79 Å². The fraction of sp³-hybridized carbons (Fsp3) is 0.381. The zero-order chi connectivity index (χ0) is 17.8. The second kappa shape index (κ2) is 7.68. The monoisotopic (exact) mass is 348 g/mol. The van der Waals surface area contributed by atoms with Crippen molar-refractivity contribution in [3.63, 3.8) is 0 Å². The number of nitrogens with one attached hydrogen (secondary N) is 1. The maximum absolute atomic E-state index is 12.3. The first-order valence-electron chi connectivity index (χ1n) is 9.45. The van der Waals surface area contributed by atoms with E-state index in [1.807, 2.05) is 6.07 Å². The van der Waals surface area contributed by atoms with Crippen molar-refractivity contribution in [2.75, 3.05) is 18.0 Å². The van der Waals surface area contributed by atoms with Gasteiger partial charge < -0.3 is 10.2 Å². The summed E-state index contributed by atoms with van der Waals surface area (Å²) in [7, 11) is 0. The van der Waals surface area contributed by atoms with Gasteiger partial charge in [0.25, 0.3) is 5.91 Å². The SMILES string of the molecule is O=C(NCCC1=CCCCC1)c1cnc(N2CCc3ccccc32)cn1. The smallest absolute Gasteiger partial charge is 0.271 e. The fourth-order valence-corrected chi connectivity index (χ4v) is 3.71. The molecule has 134 valence electrons. The lowest BCUT2D eigenvalue weighted by molar-refractivity contribution is 0.0948. The number of anilines is 2. The summed E-state index contributed by atoms with van der Waals surface area (Å²) in [5.74, 6) is 0.640. The third-order valence-corrected chi connectivity index (χ3v) is 5.15. The van der Waals surface area contributed by atoms with E-state index in [0.717, 1.165) is 25.2 Å². The van der Waals surface area contributed by atoms with Crippen molar-refractivity contribution in [3.05, 3.63) is 59.6 Å². The quantitative estimate of drug-likeness (QED) is 0.835. The van der Waals surface area contributed by atoms with Crippen LogP contribution in [0.25, 0.3) is 0 Å². The first-order valence-corrected chi connectivity index (χ1v) is 9.45. The molecule has 1 N–H and O–H groups in total. The predicted molar refractivity (Wildman–Crippen MR) is 103 cm³/mol. The number of amides is 1. The number of carbonyl (C=O) groups excluding carboxylic acids is 1. The standard InChI is InChI=1S/C21H24N4O/c26-21(22-12-10-16-6-2-1-3-7-16)18-14-24-20(15-23-18)25-13-11-17-8-4-5-9-19(17)25/h4-6,8-9,14-15H,1-3,7,10-13H2,(H,22,26). The van der Waals surface area contributed by atoms with Gasteiger partial charge in [-0.2, -0.15) is 0 Å². The van der Waals surface area contributed by atoms with Crippen molar-refractivity contribution in [3.8, 4) is 0 Å². The van der Waals surface area contributed by atoms with E-state index in [9.17, 15) is 4.79 Å². The number of allylic oxidation sites excluding steroid dienone is 1. The van der Waals surface area contributed by atoms with Gasteiger partial charge in [-0.25, -0.2) is 9.97 Å². The molecule has 0 spiro atoms. The lowest BCUT2D eigenvalue weighted by Gasteiger charge is -2.18. The Hall–Kier alpha value is -2.69. The minimum atomic E-state index is -0.151. The summed E-state index contributed by atoms with van der Waals surface area (Å²) in [5, 5.41) is 2.96. The molecular weight excluding hydrogens is 324 g/mol. The van der Waals surface area contributed by atoms with Gasteiger partial charge in [0.05, 0.1) is 12.4 Å². The van der Waals surface area contributed by atoms with Gasteiger partial charge in [-0.05, 0) is 50.2 Å². The average molecular weight is 348 g/mol. The number of hydrogen-bond acceptors (Lipinski definition) is 4. The number of hydrogen-bond donors (Lipinski definition) is 1. The summed E-state index contributed by atoms with van der Waals surface area (Å²) in [6, 6.07) is 8.34. The van der Waals surface area contributed by atoms with Gasteiger partial charge >= 0.3 is 0 Å². The average Bonchev–Trinajstić information content (AvgIpc) is 3.13. The van der Waals surface area contributed by atoms with Crippen LogP contribution in [0.15, 0.2) is 48.3 Å². The fourth-order valence-electron chi connectivity index (χ4n) is 3.71. The molecule has 5 nitrogen and oxygen atoms in total. The number of carbonyl (C=O) groups is 1. The maximum Gasteiger partial charge on any atom is 0.271 e. The highest BCUT2D eigenvalue weighted by molar-refractivity contribution is 5.92. The van der Waals surface area contributed by atoms with E-state index in [0.29, 0.717) is 12.2 Å². The van der Waals surface area contributed by atoms with Crippen molar-refractivity contribution in [2.45, 2.75) is 38.5 Å². The summed E-state index contributed by atoms with van der Waals surface area (Å²) >= 11 is 0. The Labute approximate surface area is 154 Å². The summed E-state index contributed by atoms with van der Waals surface area (Å²) < 4.78 is 0. The molecule has 5 heteroatoms. The molecule has 0 bridgehead atoms. The molecular formula is C21H24N4O. The van der Waals surface area contributed by atoms with Crippen LogP contribution < -0.4 is 10.2 Å². The molecule has 1 amide bonds. The number of rotatable bonds is 5. The van der Waals surface area contributed by atoms with Gasteiger partial charge in [0.1, 0.15) is 5.69 Å². The second-order valence-electron chi connectivity index (χ2n) is 6.90. The van der Waals surface area contributed by atoms with Crippen LogP contribution in [0, 0.1) is 0 Å². The third-order valence-electron chi connectivity index (χ3n) is 5.15. The molecule has 1 aliphatic heterocycles. The van der Waals surface area contributed by atoms with Crippen LogP contribution in [0.5, 0.6) is 0 Å². The molecule has 2 heterocycles. The van der Waals surface area contributed by atoms with Crippen molar-refractivity contribution < 1.29 is 4.79 Å². The number of fused-ring (bicyclic) bond motifs is 1. The summed E-state index contributed by atoms with van der Waals surface area (Å²) in [6.07, 6.45) is 12.4.